The number of hydrogen-bond acceptors (Lipinski definition) is 4. The van der Waals surface area contributed by atoms with Crippen LogP contribution in [-0.4, -0.2) is 32.6 Å². The topological polar surface area (TPSA) is 77.0 Å². The summed E-state index contributed by atoms with van der Waals surface area (Å²) in [5.74, 6) is 0.489. The summed E-state index contributed by atoms with van der Waals surface area (Å²) in [4.78, 5) is 19.6. The average Bonchev–Trinajstić information content (AvgIpc) is 3.50. The molecule has 0 bridgehead atoms. The van der Waals surface area contributed by atoms with Crippen LogP contribution in [0, 0.1) is 0 Å². The number of nitrogens with two attached hydrogens (primary N) is 1. The lowest BCUT2D eigenvalue weighted by Crippen LogP contribution is -2.36. The second-order valence-electron chi connectivity index (χ2n) is 8.29. The van der Waals surface area contributed by atoms with E-state index < -0.39 is 0 Å². The van der Waals surface area contributed by atoms with Gasteiger partial charge in [0.1, 0.15) is 11.5 Å². The highest BCUT2D eigenvalue weighted by Crippen LogP contribution is 2.54. The van der Waals surface area contributed by atoms with E-state index >= 15 is 0 Å². The van der Waals surface area contributed by atoms with Crippen molar-refractivity contribution in [2.24, 2.45) is 0 Å². The molecule has 1 spiro atoms. The summed E-state index contributed by atoms with van der Waals surface area (Å²) < 4.78 is 1.82. The number of carbonyl (C=O) groups is 1. The van der Waals surface area contributed by atoms with E-state index in [1.165, 1.54) is 0 Å². The van der Waals surface area contributed by atoms with Gasteiger partial charge in [-0.1, -0.05) is 42.5 Å². The van der Waals surface area contributed by atoms with Crippen LogP contribution in [-0.2, 0) is 5.54 Å². The molecule has 0 atom stereocenters. The number of hydrogen-bond donors (Lipinski definition) is 1. The van der Waals surface area contributed by atoms with Crippen molar-refractivity contribution in [2.75, 3.05) is 12.8 Å². The van der Waals surface area contributed by atoms with Crippen molar-refractivity contribution in [2.45, 2.75) is 18.4 Å². The van der Waals surface area contributed by atoms with Crippen molar-refractivity contribution >= 4 is 11.7 Å². The van der Waals surface area contributed by atoms with Crippen molar-refractivity contribution < 1.29 is 4.79 Å². The van der Waals surface area contributed by atoms with E-state index in [0.29, 0.717) is 11.5 Å². The lowest BCUT2D eigenvalue weighted by Gasteiger charge is -2.27. The second kappa shape index (κ2) is 6.28. The fourth-order valence-corrected chi connectivity index (χ4v) is 4.59. The van der Waals surface area contributed by atoms with Crippen LogP contribution < -0.4 is 5.73 Å². The van der Waals surface area contributed by atoms with Crippen LogP contribution >= 0.6 is 0 Å². The summed E-state index contributed by atoms with van der Waals surface area (Å²) in [5.41, 5.74) is 11.9. The van der Waals surface area contributed by atoms with Crippen LogP contribution in [0.2, 0.25) is 0 Å². The van der Waals surface area contributed by atoms with Crippen LogP contribution in [0.5, 0.6) is 0 Å². The fourth-order valence-electron chi connectivity index (χ4n) is 4.59. The molecular weight excluding hydrogens is 386 g/mol. The Hall–Kier alpha value is -3.93. The molecule has 1 aliphatic heterocycles. The zero-order chi connectivity index (χ0) is 21.2. The Bertz CT molecular complexity index is 1320. The van der Waals surface area contributed by atoms with E-state index in [-0.39, 0.29) is 11.4 Å². The molecular formula is C25H21N5O. The van der Waals surface area contributed by atoms with Crippen molar-refractivity contribution in [3.05, 3.63) is 84.2 Å². The molecule has 1 amide bonds. The lowest BCUT2D eigenvalue weighted by atomic mass is 9.97. The predicted octanol–water partition coefficient (Wildman–Crippen LogP) is 4.26. The Morgan fingerprint density at radius 3 is 2.42 bits per heavy atom. The van der Waals surface area contributed by atoms with E-state index in [1.807, 2.05) is 59.1 Å². The molecule has 2 N–H and O–H groups in total. The molecule has 0 radical (unpaired) electrons. The number of aromatic nitrogens is 3. The first-order valence-corrected chi connectivity index (χ1v) is 10.4. The Balaban J connectivity index is 1.59. The summed E-state index contributed by atoms with van der Waals surface area (Å²) in [5, 5.41) is 4.88. The van der Waals surface area contributed by atoms with Crippen molar-refractivity contribution in [1.29, 1.82) is 0 Å². The zero-order valence-corrected chi connectivity index (χ0v) is 17.1. The Kier molecular flexibility index (Phi) is 3.63. The fraction of sp³-hybridized carbons (Fsp3) is 0.160. The standard InChI is InChI=1S/C25H21N5O/c1-29-24(31)22-14-20(16-5-3-2-4-6-16)28-30(22)21-13-17(18-8-10-23(26)27-15-18)7-9-19(21)25(29)11-12-25/h2-10,13-15H,11-12H2,1H3,(H2,26,27). The highest BCUT2D eigenvalue weighted by molar-refractivity contribution is 5.96. The van der Waals surface area contributed by atoms with Crippen molar-refractivity contribution in [3.8, 4) is 28.1 Å². The maximum atomic E-state index is 13.4. The van der Waals surface area contributed by atoms with Gasteiger partial charge in [0.05, 0.1) is 16.9 Å². The number of amides is 1. The summed E-state index contributed by atoms with van der Waals surface area (Å²) in [6, 6.07) is 22.0. The quantitative estimate of drug-likeness (QED) is 0.539. The van der Waals surface area contributed by atoms with Crippen molar-refractivity contribution in [1.82, 2.24) is 19.7 Å². The van der Waals surface area contributed by atoms with Crippen LogP contribution in [0.25, 0.3) is 28.1 Å². The molecule has 2 aliphatic rings. The number of benzene rings is 2. The number of rotatable bonds is 2. The summed E-state index contributed by atoms with van der Waals surface area (Å²) in [6.07, 6.45) is 3.69. The third-order valence-corrected chi connectivity index (χ3v) is 6.52. The molecule has 4 aromatic rings. The van der Waals surface area contributed by atoms with Gasteiger partial charge in [-0.3, -0.25) is 4.79 Å². The minimum absolute atomic E-state index is 0.000850. The third-order valence-electron chi connectivity index (χ3n) is 6.52. The normalized spacial score (nSPS) is 16.0. The van der Waals surface area contributed by atoms with Gasteiger partial charge in [-0.2, -0.15) is 5.10 Å². The average molecular weight is 407 g/mol. The van der Waals surface area contributed by atoms with Crippen LogP contribution in [0.15, 0.2) is 72.9 Å². The van der Waals surface area contributed by atoms with Gasteiger partial charge < -0.3 is 10.6 Å². The Morgan fingerprint density at radius 2 is 1.71 bits per heavy atom. The van der Waals surface area contributed by atoms with Gasteiger partial charge in [-0.15, -0.1) is 0 Å². The van der Waals surface area contributed by atoms with E-state index in [0.717, 1.165) is 46.5 Å². The molecule has 0 saturated heterocycles. The van der Waals surface area contributed by atoms with Crippen LogP contribution in [0.4, 0.5) is 5.82 Å². The predicted molar refractivity (Wildman–Crippen MR) is 120 cm³/mol. The molecule has 152 valence electrons. The van der Waals surface area contributed by atoms with Gasteiger partial charge in [0.25, 0.3) is 5.91 Å². The third kappa shape index (κ3) is 2.61. The van der Waals surface area contributed by atoms with Crippen molar-refractivity contribution in [3.63, 3.8) is 0 Å². The van der Waals surface area contributed by atoms with Gasteiger partial charge >= 0.3 is 0 Å². The van der Waals surface area contributed by atoms with Gasteiger partial charge in [0, 0.05) is 29.9 Å². The lowest BCUT2D eigenvalue weighted by molar-refractivity contribution is 0.0704. The smallest absolute Gasteiger partial charge is 0.273 e. The molecule has 1 fully saturated rings. The van der Waals surface area contributed by atoms with Gasteiger partial charge in [-0.05, 0) is 42.7 Å². The highest BCUT2D eigenvalue weighted by atomic mass is 16.2. The van der Waals surface area contributed by atoms with Crippen LogP contribution in [0.1, 0.15) is 28.9 Å². The Morgan fingerprint density at radius 1 is 0.935 bits per heavy atom. The van der Waals surface area contributed by atoms with E-state index in [9.17, 15) is 4.79 Å². The molecule has 6 rings (SSSR count). The molecule has 2 aromatic carbocycles. The molecule has 6 nitrogen and oxygen atoms in total. The summed E-state index contributed by atoms with van der Waals surface area (Å²) in [6.45, 7) is 0. The molecule has 1 aliphatic carbocycles. The van der Waals surface area contributed by atoms with Gasteiger partial charge in [-0.25, -0.2) is 9.67 Å². The summed E-state index contributed by atoms with van der Waals surface area (Å²) >= 11 is 0. The summed E-state index contributed by atoms with van der Waals surface area (Å²) in [7, 11) is 1.90. The molecule has 0 unspecified atom stereocenters. The maximum Gasteiger partial charge on any atom is 0.273 e. The van der Waals surface area contributed by atoms with Gasteiger partial charge in [0.15, 0.2) is 0 Å². The van der Waals surface area contributed by atoms with E-state index in [1.54, 1.807) is 12.3 Å². The largest absolute Gasteiger partial charge is 0.384 e. The van der Waals surface area contributed by atoms with E-state index in [4.69, 9.17) is 10.8 Å². The minimum Gasteiger partial charge on any atom is -0.384 e. The molecule has 31 heavy (non-hydrogen) atoms. The minimum atomic E-state index is -0.252. The number of carbonyl (C=O) groups excluding carboxylic acids is 1. The number of nitrogen functional groups attached to an aromatic ring is 1. The first-order chi connectivity index (χ1) is 15.1. The van der Waals surface area contributed by atoms with E-state index in [2.05, 4.69) is 23.2 Å². The monoisotopic (exact) mass is 407 g/mol. The number of fused-ring (bicyclic) bond motifs is 4. The second-order valence-corrected chi connectivity index (χ2v) is 8.29. The van der Waals surface area contributed by atoms with Gasteiger partial charge in [0.2, 0.25) is 0 Å². The Labute approximate surface area is 180 Å². The van der Waals surface area contributed by atoms with Crippen LogP contribution in [0.3, 0.4) is 0 Å². The SMILES string of the molecule is CN1C(=O)c2cc(-c3ccccc3)nn2-c2cc(-c3ccc(N)nc3)ccc2C12CC2. The number of anilines is 1. The zero-order valence-electron chi connectivity index (χ0n) is 17.1. The molecule has 3 heterocycles. The highest BCUT2D eigenvalue weighted by Gasteiger charge is 2.53. The maximum absolute atomic E-state index is 13.4. The number of pyridine rings is 1. The number of nitrogens with zero attached hydrogens (tertiary/aromatic N) is 4. The first kappa shape index (κ1) is 17.9. The molecule has 1 saturated carbocycles. The first-order valence-electron chi connectivity index (χ1n) is 10.4. The molecule has 6 heteroatoms. The molecule has 2 aromatic heterocycles.